The molecule has 1 heterocycles. The fraction of sp³-hybridized carbons (Fsp3) is 0.114. The Kier molecular flexibility index (Phi) is 6.02. The van der Waals surface area contributed by atoms with Crippen LogP contribution in [-0.2, 0) is 10.2 Å². The third-order valence-electron chi connectivity index (χ3n) is 7.93. The summed E-state index contributed by atoms with van der Waals surface area (Å²) in [5.41, 5.74) is 2.34. The first-order valence-electron chi connectivity index (χ1n) is 13.4. The number of aromatic nitrogens is 2. The second kappa shape index (κ2) is 9.84. The van der Waals surface area contributed by atoms with Gasteiger partial charge in [-0.2, -0.15) is 0 Å². The molecular formula is C35H27N2OP. The van der Waals surface area contributed by atoms with Gasteiger partial charge in [0, 0.05) is 10.9 Å². The van der Waals surface area contributed by atoms with Gasteiger partial charge < -0.3 is 4.79 Å². The summed E-state index contributed by atoms with van der Waals surface area (Å²) in [5.74, 6) is 0.653. The van der Waals surface area contributed by atoms with Crippen molar-refractivity contribution < 1.29 is 4.79 Å². The minimum absolute atomic E-state index is 0.590. The second-order valence-electron chi connectivity index (χ2n) is 10.2. The number of fused-ring (bicyclic) bond motifs is 2. The van der Waals surface area contributed by atoms with E-state index < -0.39 is 13.3 Å². The van der Waals surface area contributed by atoms with E-state index in [2.05, 4.69) is 109 Å². The third kappa shape index (κ3) is 4.06. The van der Waals surface area contributed by atoms with Crippen molar-refractivity contribution in [2.75, 3.05) is 0 Å². The zero-order chi connectivity index (χ0) is 26.2. The van der Waals surface area contributed by atoms with Crippen LogP contribution in [0.1, 0.15) is 25.1 Å². The summed E-state index contributed by atoms with van der Waals surface area (Å²) in [6.07, 6.45) is 3.71. The van der Waals surface area contributed by atoms with Gasteiger partial charge in [-0.05, 0) is 53.5 Å². The number of nitrogens with zero attached hydrogens (tertiary/aromatic N) is 2. The molecule has 0 radical (unpaired) electrons. The van der Waals surface area contributed by atoms with Gasteiger partial charge in [0.2, 0.25) is 0 Å². The van der Waals surface area contributed by atoms with Crippen LogP contribution in [0.5, 0.6) is 0 Å². The summed E-state index contributed by atoms with van der Waals surface area (Å²) in [6.45, 7) is 0. The van der Waals surface area contributed by atoms with E-state index in [4.69, 9.17) is 9.97 Å². The van der Waals surface area contributed by atoms with Crippen LogP contribution >= 0.6 is 7.92 Å². The molecular weight excluding hydrogens is 495 g/mol. The van der Waals surface area contributed by atoms with E-state index in [-0.39, 0.29) is 0 Å². The highest BCUT2D eigenvalue weighted by Crippen LogP contribution is 2.44. The Morgan fingerprint density at radius 2 is 1.26 bits per heavy atom. The maximum absolute atomic E-state index is 12.4. The van der Waals surface area contributed by atoms with Gasteiger partial charge in [0.25, 0.3) is 0 Å². The fourth-order valence-electron chi connectivity index (χ4n) is 5.72. The van der Waals surface area contributed by atoms with Gasteiger partial charge in [0.1, 0.15) is 12.1 Å². The number of rotatable bonds is 6. The van der Waals surface area contributed by atoms with Gasteiger partial charge in [-0.1, -0.05) is 122 Å². The molecule has 188 valence electrons. The summed E-state index contributed by atoms with van der Waals surface area (Å²) in [5, 5.41) is 7.18. The molecule has 0 amide bonds. The lowest BCUT2D eigenvalue weighted by molar-refractivity contribution is -0.115. The Balaban J connectivity index is 1.60. The van der Waals surface area contributed by atoms with Crippen molar-refractivity contribution in [1.29, 1.82) is 0 Å². The average molecular weight is 523 g/mol. The van der Waals surface area contributed by atoms with Crippen molar-refractivity contribution in [2.24, 2.45) is 0 Å². The van der Waals surface area contributed by atoms with Crippen LogP contribution in [0.2, 0.25) is 0 Å². The van der Waals surface area contributed by atoms with E-state index in [9.17, 15) is 4.79 Å². The normalized spacial score (nSPS) is 14.4. The number of hydrogen-bond donors (Lipinski definition) is 0. The molecule has 0 spiro atoms. The van der Waals surface area contributed by atoms with Gasteiger partial charge in [0.15, 0.2) is 0 Å². The predicted octanol–water partition coefficient (Wildman–Crippen LogP) is 6.83. The Bertz CT molecular complexity index is 1770. The molecule has 1 aliphatic carbocycles. The van der Waals surface area contributed by atoms with Crippen molar-refractivity contribution in [2.45, 2.75) is 24.7 Å². The molecule has 1 aromatic heterocycles. The van der Waals surface area contributed by atoms with Crippen LogP contribution in [0.15, 0.2) is 121 Å². The first kappa shape index (κ1) is 23.9. The molecule has 5 aromatic carbocycles. The lowest BCUT2D eigenvalue weighted by atomic mass is 9.69. The van der Waals surface area contributed by atoms with Crippen molar-refractivity contribution >= 4 is 51.8 Å². The van der Waals surface area contributed by atoms with Crippen LogP contribution in [0, 0.1) is 0 Å². The minimum Gasteiger partial charge on any atom is -0.302 e. The standard InChI is InChI=1S/C35H27N2OP/c38-24-35(22-11-23-35)34-36-30-19-10-9-18-29(30)33(37-34)32-28-17-8-7-12-25(28)20-21-31(32)39(26-13-3-1-4-14-26)27-15-5-2-6-16-27/h1-10,12-21,24H,11,22-23H2. The Morgan fingerprint density at radius 1 is 0.641 bits per heavy atom. The van der Waals surface area contributed by atoms with Crippen LogP contribution in [0.25, 0.3) is 32.9 Å². The Labute approximate surface area is 229 Å². The molecule has 3 nitrogen and oxygen atoms in total. The highest BCUT2D eigenvalue weighted by Gasteiger charge is 2.42. The van der Waals surface area contributed by atoms with Gasteiger partial charge in [-0.3, -0.25) is 0 Å². The van der Waals surface area contributed by atoms with Gasteiger partial charge in [-0.25, -0.2) is 9.97 Å². The summed E-state index contributed by atoms with van der Waals surface area (Å²) in [4.78, 5) is 22.6. The van der Waals surface area contributed by atoms with Crippen molar-refractivity contribution in [3.63, 3.8) is 0 Å². The number of carbonyl (C=O) groups is 1. The molecule has 0 bridgehead atoms. The molecule has 4 heteroatoms. The number of carbonyl (C=O) groups excluding carboxylic acids is 1. The Morgan fingerprint density at radius 3 is 1.90 bits per heavy atom. The molecule has 1 aliphatic rings. The first-order chi connectivity index (χ1) is 19.3. The molecule has 1 saturated carbocycles. The highest BCUT2D eigenvalue weighted by atomic mass is 31.1. The lowest BCUT2D eigenvalue weighted by Gasteiger charge is -2.35. The minimum atomic E-state index is -0.880. The average Bonchev–Trinajstić information content (AvgIpc) is 2.98. The molecule has 0 N–H and O–H groups in total. The van der Waals surface area contributed by atoms with Gasteiger partial charge in [0.05, 0.1) is 16.6 Å². The largest absolute Gasteiger partial charge is 0.302 e. The number of hydrogen-bond acceptors (Lipinski definition) is 3. The molecule has 39 heavy (non-hydrogen) atoms. The Hall–Kier alpha value is -4.20. The number of benzene rings is 5. The molecule has 1 fully saturated rings. The van der Waals surface area contributed by atoms with Crippen LogP contribution < -0.4 is 15.9 Å². The molecule has 6 aromatic rings. The van der Waals surface area contributed by atoms with E-state index >= 15 is 0 Å². The van der Waals surface area contributed by atoms with Gasteiger partial charge >= 0.3 is 0 Å². The second-order valence-corrected chi connectivity index (χ2v) is 12.4. The summed E-state index contributed by atoms with van der Waals surface area (Å²) < 4.78 is 0. The van der Waals surface area contributed by atoms with Gasteiger partial charge in [-0.15, -0.1) is 0 Å². The van der Waals surface area contributed by atoms with Crippen LogP contribution in [0.4, 0.5) is 0 Å². The van der Waals surface area contributed by atoms with E-state index in [0.717, 1.165) is 53.1 Å². The monoisotopic (exact) mass is 522 g/mol. The van der Waals surface area contributed by atoms with E-state index in [1.807, 2.05) is 12.1 Å². The molecule has 0 aliphatic heterocycles. The van der Waals surface area contributed by atoms with Crippen molar-refractivity contribution in [3.8, 4) is 11.3 Å². The smallest absolute Gasteiger partial charge is 0.142 e. The highest BCUT2D eigenvalue weighted by molar-refractivity contribution is 7.80. The predicted molar refractivity (Wildman–Crippen MR) is 163 cm³/mol. The zero-order valence-corrected chi connectivity index (χ0v) is 22.4. The van der Waals surface area contributed by atoms with E-state index in [1.165, 1.54) is 21.3 Å². The zero-order valence-electron chi connectivity index (χ0n) is 21.5. The summed E-state index contributed by atoms with van der Waals surface area (Å²) in [7, 11) is -0.880. The molecule has 0 atom stereocenters. The van der Waals surface area contributed by atoms with Crippen LogP contribution in [-0.4, -0.2) is 16.3 Å². The number of aldehydes is 1. The summed E-state index contributed by atoms with van der Waals surface area (Å²) >= 11 is 0. The first-order valence-corrected chi connectivity index (χ1v) is 14.8. The quantitative estimate of drug-likeness (QED) is 0.178. The SMILES string of the molecule is O=CC1(c2nc(-c3c(P(c4ccccc4)c4ccccc4)ccc4ccccc34)c3ccccc3n2)CCC1. The molecule has 7 rings (SSSR count). The molecule has 0 saturated heterocycles. The van der Waals surface area contributed by atoms with Crippen LogP contribution in [0.3, 0.4) is 0 Å². The number of para-hydroxylation sites is 1. The third-order valence-corrected chi connectivity index (χ3v) is 10.4. The topological polar surface area (TPSA) is 42.9 Å². The van der Waals surface area contributed by atoms with E-state index in [0.29, 0.717) is 5.82 Å². The van der Waals surface area contributed by atoms with E-state index in [1.54, 1.807) is 0 Å². The summed E-state index contributed by atoms with van der Waals surface area (Å²) in [6, 6.07) is 42.9. The van der Waals surface area contributed by atoms with Crippen molar-refractivity contribution in [1.82, 2.24) is 9.97 Å². The maximum Gasteiger partial charge on any atom is 0.142 e. The fourth-order valence-corrected chi connectivity index (χ4v) is 8.19. The maximum atomic E-state index is 12.4. The lowest BCUT2D eigenvalue weighted by Crippen LogP contribution is -2.38. The molecule has 0 unspecified atom stereocenters. The van der Waals surface area contributed by atoms with Crippen molar-refractivity contribution in [3.05, 3.63) is 127 Å².